The molecule has 198 valence electrons. The van der Waals surface area contributed by atoms with E-state index in [-0.39, 0.29) is 17.6 Å². The molecule has 4 aromatic rings. The lowest BCUT2D eigenvalue weighted by Gasteiger charge is -2.27. The van der Waals surface area contributed by atoms with Gasteiger partial charge in [0.2, 0.25) is 0 Å². The molecule has 0 amide bonds. The van der Waals surface area contributed by atoms with Crippen LogP contribution in [0.25, 0.3) is 21.5 Å². The Morgan fingerprint density at radius 3 is 2.47 bits per heavy atom. The van der Waals surface area contributed by atoms with Gasteiger partial charge in [-0.3, -0.25) is 0 Å². The van der Waals surface area contributed by atoms with Gasteiger partial charge in [-0.25, -0.2) is 14.2 Å². The maximum atomic E-state index is 14.9. The standard InChI is InChI=1S/C28H25Cl2FN2O4S/c1-35-28(34)17-11-12-21-26(23(17)31)38-27(32-21)15-7-9-16(10-8-15)36-13-18-24(33-37-25(18)14-5-6-14)22-19(29)3-2-4-20(22)30/h2-4,11-12,14-16H,5-10,13H2,1H3. The van der Waals surface area contributed by atoms with Crippen LogP contribution in [0.5, 0.6) is 0 Å². The Hall–Kier alpha value is -2.52. The number of aromatic nitrogens is 2. The van der Waals surface area contributed by atoms with Crippen LogP contribution < -0.4 is 0 Å². The summed E-state index contributed by atoms with van der Waals surface area (Å²) < 4.78 is 32.1. The second-order valence-corrected chi connectivity index (χ2v) is 11.7. The van der Waals surface area contributed by atoms with Gasteiger partial charge in [-0.05, 0) is 62.8 Å². The number of hydrogen-bond acceptors (Lipinski definition) is 7. The summed E-state index contributed by atoms with van der Waals surface area (Å²) in [5.41, 5.74) is 2.75. The summed E-state index contributed by atoms with van der Waals surface area (Å²) in [6.45, 7) is 0.379. The number of benzene rings is 2. The summed E-state index contributed by atoms with van der Waals surface area (Å²) in [4.78, 5) is 16.5. The number of esters is 1. The fourth-order valence-electron chi connectivity index (χ4n) is 5.15. The molecule has 0 N–H and O–H groups in total. The molecular weight excluding hydrogens is 550 g/mol. The minimum absolute atomic E-state index is 0.0657. The number of rotatable bonds is 7. The molecular formula is C28H25Cl2FN2O4S. The SMILES string of the molecule is COC(=O)c1ccc2nc(C3CCC(OCc4c(-c5c(Cl)cccc5Cl)noc4C4CC4)CC3)sc2c1F. The van der Waals surface area contributed by atoms with Crippen LogP contribution in [0.3, 0.4) is 0 Å². The maximum Gasteiger partial charge on any atom is 0.340 e. The van der Waals surface area contributed by atoms with Crippen LogP contribution in [0.1, 0.15) is 77.1 Å². The molecule has 2 aliphatic rings. The molecule has 6 rings (SSSR count). The number of thiazole rings is 1. The molecule has 38 heavy (non-hydrogen) atoms. The van der Waals surface area contributed by atoms with Gasteiger partial charge in [0.25, 0.3) is 0 Å². The zero-order valence-electron chi connectivity index (χ0n) is 20.6. The van der Waals surface area contributed by atoms with E-state index in [9.17, 15) is 9.18 Å². The second kappa shape index (κ2) is 10.6. The summed E-state index contributed by atoms with van der Waals surface area (Å²) >= 11 is 14.3. The lowest BCUT2D eigenvalue weighted by Crippen LogP contribution is -2.21. The van der Waals surface area contributed by atoms with Gasteiger partial charge in [0.05, 0.1) is 50.7 Å². The third-order valence-corrected chi connectivity index (χ3v) is 9.23. The smallest absolute Gasteiger partial charge is 0.340 e. The molecule has 0 aliphatic heterocycles. The number of methoxy groups -OCH3 is 1. The van der Waals surface area contributed by atoms with Crippen molar-refractivity contribution in [1.82, 2.24) is 10.1 Å². The summed E-state index contributed by atoms with van der Waals surface area (Å²) in [5, 5.41) is 6.30. The Morgan fingerprint density at radius 2 is 1.79 bits per heavy atom. The summed E-state index contributed by atoms with van der Waals surface area (Å²) in [6, 6.07) is 8.51. The quantitative estimate of drug-likeness (QED) is 0.206. The van der Waals surface area contributed by atoms with Crippen molar-refractivity contribution in [2.75, 3.05) is 7.11 Å². The number of fused-ring (bicyclic) bond motifs is 1. The molecule has 10 heteroatoms. The van der Waals surface area contributed by atoms with E-state index >= 15 is 0 Å². The Bertz CT molecular complexity index is 1490. The second-order valence-electron chi connectivity index (χ2n) is 9.85. The van der Waals surface area contributed by atoms with Crippen molar-refractivity contribution in [1.29, 1.82) is 0 Å². The van der Waals surface area contributed by atoms with Crippen LogP contribution in [-0.2, 0) is 16.1 Å². The predicted molar refractivity (Wildman–Crippen MR) is 145 cm³/mol. The van der Waals surface area contributed by atoms with Crippen LogP contribution in [0, 0.1) is 5.82 Å². The van der Waals surface area contributed by atoms with Gasteiger partial charge in [0, 0.05) is 23.0 Å². The first-order valence-corrected chi connectivity index (χ1v) is 14.2. The highest BCUT2D eigenvalue weighted by Gasteiger charge is 2.34. The fourth-order valence-corrected chi connectivity index (χ4v) is 6.89. The molecule has 6 nitrogen and oxygen atoms in total. The monoisotopic (exact) mass is 574 g/mol. The number of carbonyl (C=O) groups is 1. The summed E-state index contributed by atoms with van der Waals surface area (Å²) in [6.07, 6.45) is 5.74. The van der Waals surface area contributed by atoms with Crippen molar-refractivity contribution in [3.05, 3.63) is 68.1 Å². The maximum absolute atomic E-state index is 14.9. The molecule has 2 saturated carbocycles. The van der Waals surface area contributed by atoms with E-state index in [0.29, 0.717) is 44.0 Å². The number of carbonyl (C=O) groups excluding carboxylic acids is 1. The van der Waals surface area contributed by atoms with Crippen LogP contribution >= 0.6 is 34.5 Å². The molecule has 2 heterocycles. The van der Waals surface area contributed by atoms with E-state index < -0.39 is 11.8 Å². The van der Waals surface area contributed by atoms with Crippen molar-refractivity contribution >= 4 is 50.7 Å². The van der Waals surface area contributed by atoms with Crippen LogP contribution in [-0.4, -0.2) is 29.3 Å². The van der Waals surface area contributed by atoms with E-state index in [4.69, 9.17) is 32.5 Å². The van der Waals surface area contributed by atoms with Gasteiger partial charge in [0.1, 0.15) is 11.5 Å². The van der Waals surface area contributed by atoms with Crippen molar-refractivity contribution in [3.63, 3.8) is 0 Å². The van der Waals surface area contributed by atoms with E-state index in [1.165, 1.54) is 24.5 Å². The normalized spacial score (nSPS) is 19.7. The fraction of sp³-hybridized carbons (Fsp3) is 0.393. The first-order chi connectivity index (χ1) is 18.4. The summed E-state index contributed by atoms with van der Waals surface area (Å²) in [5.74, 6) is 0.209. The number of ether oxygens (including phenoxy) is 2. The first kappa shape index (κ1) is 25.7. The van der Waals surface area contributed by atoms with E-state index in [2.05, 4.69) is 14.9 Å². The highest BCUT2D eigenvalue weighted by molar-refractivity contribution is 7.18. The van der Waals surface area contributed by atoms with Crippen molar-refractivity contribution in [2.45, 2.75) is 63.1 Å². The Kier molecular flexibility index (Phi) is 7.16. The van der Waals surface area contributed by atoms with Gasteiger partial charge in [-0.1, -0.05) is 34.4 Å². The molecule has 2 aromatic carbocycles. The third kappa shape index (κ3) is 4.83. The molecule has 0 unspecified atom stereocenters. The average molecular weight is 575 g/mol. The lowest BCUT2D eigenvalue weighted by atomic mass is 9.88. The molecule has 2 aromatic heterocycles. The Labute approximate surface area is 233 Å². The largest absolute Gasteiger partial charge is 0.465 e. The van der Waals surface area contributed by atoms with Crippen molar-refractivity contribution < 1.29 is 23.2 Å². The third-order valence-electron chi connectivity index (χ3n) is 7.37. The van der Waals surface area contributed by atoms with Crippen LogP contribution in [0.15, 0.2) is 34.9 Å². The number of nitrogens with zero attached hydrogens (tertiary/aromatic N) is 2. The number of halogens is 3. The Balaban J connectivity index is 1.15. The molecule has 0 saturated heterocycles. The zero-order chi connectivity index (χ0) is 26.4. The number of hydrogen-bond donors (Lipinski definition) is 0. The first-order valence-electron chi connectivity index (χ1n) is 12.7. The molecule has 0 spiro atoms. The van der Waals surface area contributed by atoms with Crippen molar-refractivity contribution in [2.24, 2.45) is 0 Å². The lowest BCUT2D eigenvalue weighted by molar-refractivity contribution is 0.0129. The van der Waals surface area contributed by atoms with Gasteiger partial charge in [0.15, 0.2) is 5.82 Å². The molecule has 0 bridgehead atoms. The topological polar surface area (TPSA) is 74.5 Å². The summed E-state index contributed by atoms with van der Waals surface area (Å²) in [7, 11) is 1.24. The van der Waals surface area contributed by atoms with Gasteiger partial charge >= 0.3 is 5.97 Å². The average Bonchev–Trinajstić information content (AvgIpc) is 3.53. The van der Waals surface area contributed by atoms with Crippen LogP contribution in [0.2, 0.25) is 10.0 Å². The van der Waals surface area contributed by atoms with E-state index in [0.717, 1.165) is 54.9 Å². The minimum Gasteiger partial charge on any atom is -0.465 e. The Morgan fingerprint density at radius 1 is 1.08 bits per heavy atom. The molecule has 2 aliphatic carbocycles. The molecule has 0 radical (unpaired) electrons. The molecule has 2 fully saturated rings. The van der Waals surface area contributed by atoms with E-state index in [1.807, 2.05) is 6.07 Å². The van der Waals surface area contributed by atoms with Crippen molar-refractivity contribution in [3.8, 4) is 11.3 Å². The minimum atomic E-state index is -0.686. The zero-order valence-corrected chi connectivity index (χ0v) is 23.0. The predicted octanol–water partition coefficient (Wildman–Crippen LogP) is 8.30. The van der Waals surface area contributed by atoms with E-state index in [1.54, 1.807) is 18.2 Å². The molecule has 0 atom stereocenters. The highest BCUT2D eigenvalue weighted by Crippen LogP contribution is 2.46. The highest BCUT2D eigenvalue weighted by atomic mass is 35.5. The van der Waals surface area contributed by atoms with Gasteiger partial charge < -0.3 is 14.0 Å². The van der Waals surface area contributed by atoms with Gasteiger partial charge in [-0.15, -0.1) is 11.3 Å². The van der Waals surface area contributed by atoms with Gasteiger partial charge in [-0.2, -0.15) is 0 Å². The van der Waals surface area contributed by atoms with Crippen LogP contribution in [0.4, 0.5) is 4.39 Å².